The largest absolute Gasteiger partial charge is 0.481 e. The summed E-state index contributed by atoms with van der Waals surface area (Å²) in [6.45, 7) is 7.77. The minimum atomic E-state index is -0.827. The van der Waals surface area contributed by atoms with Crippen LogP contribution in [-0.2, 0) is 4.79 Å². The van der Waals surface area contributed by atoms with Gasteiger partial charge in [0.2, 0.25) is 0 Å². The lowest BCUT2D eigenvalue weighted by Crippen LogP contribution is -2.20. The van der Waals surface area contributed by atoms with Crippen molar-refractivity contribution in [3.05, 3.63) is 34.9 Å². The molecule has 0 spiro atoms. The van der Waals surface area contributed by atoms with Crippen LogP contribution in [0, 0.1) is 19.3 Å². The highest BCUT2D eigenvalue weighted by Crippen LogP contribution is 2.33. The number of hydrogen-bond donors (Lipinski definition) is 2. The lowest BCUT2D eigenvalue weighted by Gasteiger charge is -2.26. The summed E-state index contributed by atoms with van der Waals surface area (Å²) >= 11 is 0. The van der Waals surface area contributed by atoms with Crippen LogP contribution in [0.2, 0.25) is 0 Å². The molecule has 0 aliphatic heterocycles. The van der Waals surface area contributed by atoms with Crippen molar-refractivity contribution >= 4 is 5.97 Å². The minimum absolute atomic E-state index is 0.0644. The van der Waals surface area contributed by atoms with Gasteiger partial charge >= 0.3 is 5.97 Å². The van der Waals surface area contributed by atoms with Crippen LogP contribution in [0.3, 0.4) is 0 Å². The third kappa shape index (κ3) is 4.15. The molecule has 0 heterocycles. The first-order chi connectivity index (χ1) is 8.21. The molecule has 1 atom stereocenters. The number of aliphatic hydroxyl groups excluding tert-OH is 1. The predicted octanol–water partition coefficient (Wildman–Crippen LogP) is 3.23. The van der Waals surface area contributed by atoms with E-state index in [0.29, 0.717) is 6.42 Å². The van der Waals surface area contributed by atoms with E-state index in [1.54, 1.807) is 0 Å². The van der Waals surface area contributed by atoms with E-state index in [9.17, 15) is 9.90 Å². The number of carboxylic acids is 1. The summed E-state index contributed by atoms with van der Waals surface area (Å²) < 4.78 is 0. The fraction of sp³-hybridized carbons (Fsp3) is 0.533. The Hall–Kier alpha value is -1.35. The van der Waals surface area contributed by atoms with Gasteiger partial charge in [-0.25, -0.2) is 0 Å². The molecule has 1 rings (SSSR count). The van der Waals surface area contributed by atoms with Crippen LogP contribution >= 0.6 is 0 Å². The van der Waals surface area contributed by atoms with Crippen molar-refractivity contribution in [2.75, 3.05) is 0 Å². The van der Waals surface area contributed by atoms with Crippen LogP contribution < -0.4 is 0 Å². The lowest BCUT2D eigenvalue weighted by atomic mass is 9.81. The van der Waals surface area contributed by atoms with Crippen molar-refractivity contribution in [1.29, 1.82) is 0 Å². The Bertz CT molecular complexity index is 435. The Morgan fingerprint density at radius 1 is 1.28 bits per heavy atom. The van der Waals surface area contributed by atoms with Gasteiger partial charge in [0.05, 0.1) is 12.5 Å². The summed E-state index contributed by atoms with van der Waals surface area (Å²) in [4.78, 5) is 10.8. The fourth-order valence-electron chi connectivity index (χ4n) is 2.09. The van der Waals surface area contributed by atoms with Gasteiger partial charge in [0, 0.05) is 0 Å². The number of benzene rings is 1. The summed E-state index contributed by atoms with van der Waals surface area (Å²) in [6.07, 6.45) is -0.102. The molecule has 0 fully saturated rings. The van der Waals surface area contributed by atoms with Crippen molar-refractivity contribution in [3.63, 3.8) is 0 Å². The van der Waals surface area contributed by atoms with Gasteiger partial charge in [-0.2, -0.15) is 0 Å². The van der Waals surface area contributed by atoms with Gasteiger partial charge in [0.25, 0.3) is 0 Å². The second kappa shape index (κ2) is 5.53. The SMILES string of the molecule is Cc1ccc(C(O)CC(C)(C)CC(=O)O)cc1C. The first-order valence-electron chi connectivity index (χ1n) is 6.18. The molecule has 0 amide bonds. The third-order valence-corrected chi connectivity index (χ3v) is 3.29. The summed E-state index contributed by atoms with van der Waals surface area (Å²) in [6, 6.07) is 5.86. The first kappa shape index (κ1) is 14.7. The van der Waals surface area contributed by atoms with Crippen LogP contribution in [0.4, 0.5) is 0 Å². The molecule has 100 valence electrons. The van der Waals surface area contributed by atoms with Crippen LogP contribution in [0.1, 0.15) is 49.5 Å². The number of carboxylic acid groups (broad SMARTS) is 1. The summed E-state index contributed by atoms with van der Waals surface area (Å²) in [5.41, 5.74) is 2.78. The van der Waals surface area contributed by atoms with Crippen molar-refractivity contribution < 1.29 is 15.0 Å². The lowest BCUT2D eigenvalue weighted by molar-refractivity contribution is -0.139. The molecule has 3 heteroatoms. The monoisotopic (exact) mass is 250 g/mol. The Morgan fingerprint density at radius 3 is 2.39 bits per heavy atom. The highest BCUT2D eigenvalue weighted by molar-refractivity contribution is 5.67. The molecule has 0 aliphatic carbocycles. The summed E-state index contributed by atoms with van der Waals surface area (Å²) in [5, 5.41) is 19.0. The Morgan fingerprint density at radius 2 is 1.89 bits per heavy atom. The maximum atomic E-state index is 10.8. The standard InChI is InChI=1S/C15H22O3/c1-10-5-6-12(7-11(10)2)13(16)8-15(3,4)9-14(17)18/h5-7,13,16H,8-9H2,1-4H3,(H,17,18). The van der Waals surface area contributed by atoms with Gasteiger partial charge in [-0.1, -0.05) is 32.0 Å². The topological polar surface area (TPSA) is 57.5 Å². The van der Waals surface area contributed by atoms with E-state index in [0.717, 1.165) is 11.1 Å². The van der Waals surface area contributed by atoms with E-state index >= 15 is 0 Å². The zero-order valence-electron chi connectivity index (χ0n) is 11.5. The first-order valence-corrected chi connectivity index (χ1v) is 6.18. The van der Waals surface area contributed by atoms with Crippen LogP contribution in [0.15, 0.2) is 18.2 Å². The molecule has 0 aromatic heterocycles. The quantitative estimate of drug-likeness (QED) is 0.843. The second-order valence-corrected chi connectivity index (χ2v) is 5.80. The Labute approximate surface area is 108 Å². The molecule has 1 unspecified atom stereocenters. The average Bonchev–Trinajstić information content (AvgIpc) is 2.19. The molecule has 0 bridgehead atoms. The van der Waals surface area contributed by atoms with Gasteiger partial charge in [-0.15, -0.1) is 0 Å². The van der Waals surface area contributed by atoms with Crippen molar-refractivity contribution in [1.82, 2.24) is 0 Å². The van der Waals surface area contributed by atoms with E-state index in [2.05, 4.69) is 0 Å². The van der Waals surface area contributed by atoms with Crippen molar-refractivity contribution in [2.24, 2.45) is 5.41 Å². The molecule has 1 aromatic rings. The van der Waals surface area contributed by atoms with E-state index in [4.69, 9.17) is 5.11 Å². The number of hydrogen-bond acceptors (Lipinski definition) is 2. The van der Waals surface area contributed by atoms with E-state index < -0.39 is 17.5 Å². The van der Waals surface area contributed by atoms with Gasteiger partial charge in [-0.05, 0) is 42.4 Å². The molecule has 0 aliphatic rings. The molecule has 3 nitrogen and oxygen atoms in total. The molecule has 18 heavy (non-hydrogen) atoms. The van der Waals surface area contributed by atoms with E-state index in [-0.39, 0.29) is 6.42 Å². The second-order valence-electron chi connectivity index (χ2n) is 5.80. The molecule has 1 aromatic carbocycles. The van der Waals surface area contributed by atoms with Crippen molar-refractivity contribution in [3.8, 4) is 0 Å². The zero-order valence-corrected chi connectivity index (χ0v) is 11.5. The maximum Gasteiger partial charge on any atom is 0.303 e. The fourth-order valence-corrected chi connectivity index (χ4v) is 2.09. The van der Waals surface area contributed by atoms with Crippen molar-refractivity contribution in [2.45, 2.75) is 46.6 Å². The zero-order chi connectivity index (χ0) is 13.9. The maximum absolute atomic E-state index is 10.8. The predicted molar refractivity (Wildman–Crippen MR) is 71.5 cm³/mol. The van der Waals surface area contributed by atoms with E-state index in [1.165, 1.54) is 5.56 Å². The number of aryl methyl sites for hydroxylation is 2. The van der Waals surface area contributed by atoms with Gasteiger partial charge < -0.3 is 10.2 Å². The minimum Gasteiger partial charge on any atom is -0.481 e. The highest BCUT2D eigenvalue weighted by Gasteiger charge is 2.26. The molecule has 0 saturated heterocycles. The average molecular weight is 250 g/mol. The number of rotatable bonds is 5. The van der Waals surface area contributed by atoms with Gasteiger partial charge in [0.15, 0.2) is 0 Å². The number of aliphatic hydroxyl groups is 1. The number of aliphatic carboxylic acids is 1. The number of carbonyl (C=O) groups is 1. The smallest absolute Gasteiger partial charge is 0.303 e. The molecular formula is C15H22O3. The molecule has 0 radical (unpaired) electrons. The van der Waals surface area contributed by atoms with Crippen LogP contribution in [-0.4, -0.2) is 16.2 Å². The normalized spacial score (nSPS) is 13.4. The molecule has 0 saturated carbocycles. The van der Waals surface area contributed by atoms with Crippen LogP contribution in [0.25, 0.3) is 0 Å². The van der Waals surface area contributed by atoms with Gasteiger partial charge in [0.1, 0.15) is 0 Å². The molecule has 2 N–H and O–H groups in total. The van der Waals surface area contributed by atoms with Gasteiger partial charge in [-0.3, -0.25) is 4.79 Å². The van der Waals surface area contributed by atoms with E-state index in [1.807, 2.05) is 45.9 Å². The summed E-state index contributed by atoms with van der Waals surface area (Å²) in [5.74, 6) is -0.827. The molecular weight excluding hydrogens is 228 g/mol. The Kier molecular flexibility index (Phi) is 4.52. The summed E-state index contributed by atoms with van der Waals surface area (Å²) in [7, 11) is 0. The third-order valence-electron chi connectivity index (χ3n) is 3.29. The van der Waals surface area contributed by atoms with Crippen LogP contribution in [0.5, 0.6) is 0 Å². The Balaban J connectivity index is 2.78. The highest BCUT2D eigenvalue weighted by atomic mass is 16.4.